The molecule has 0 aromatic heterocycles. The third-order valence-electron chi connectivity index (χ3n) is 3.39. The van der Waals surface area contributed by atoms with Crippen LogP contribution in [0.2, 0.25) is 0 Å². The number of benzene rings is 1. The van der Waals surface area contributed by atoms with E-state index in [1.165, 1.54) is 0 Å². The predicted molar refractivity (Wildman–Crippen MR) is 83.1 cm³/mol. The minimum absolute atomic E-state index is 0.0353. The first-order valence-corrected chi connectivity index (χ1v) is 7.50. The lowest BCUT2D eigenvalue weighted by Crippen LogP contribution is -2.47. The molecule has 4 heteroatoms. The van der Waals surface area contributed by atoms with Crippen LogP contribution in [0.25, 0.3) is 0 Å². The van der Waals surface area contributed by atoms with E-state index < -0.39 is 0 Å². The molecule has 1 aromatic rings. The minimum Gasteiger partial charge on any atom is -0.486 e. The lowest BCUT2D eigenvalue weighted by atomic mass is 10.0. The summed E-state index contributed by atoms with van der Waals surface area (Å²) < 4.78 is 11.1. The summed E-state index contributed by atoms with van der Waals surface area (Å²) in [6, 6.07) is 5.42. The Morgan fingerprint density at radius 3 is 2.38 bits per heavy atom. The van der Waals surface area contributed by atoms with Crippen molar-refractivity contribution >= 4 is 5.91 Å². The van der Waals surface area contributed by atoms with Gasteiger partial charge in [-0.3, -0.25) is 4.79 Å². The average Bonchev–Trinajstić information content (AvgIpc) is 2.42. The van der Waals surface area contributed by atoms with Crippen LogP contribution in [0.15, 0.2) is 18.2 Å². The van der Waals surface area contributed by atoms with Gasteiger partial charge in [-0.2, -0.15) is 0 Å². The second-order valence-corrected chi connectivity index (χ2v) is 6.84. The number of amides is 1. The minimum atomic E-state index is -0.214. The maximum atomic E-state index is 12.8. The summed E-state index contributed by atoms with van der Waals surface area (Å²) in [4.78, 5) is 14.8. The largest absolute Gasteiger partial charge is 0.486 e. The molecule has 0 spiro atoms. The molecule has 0 aliphatic carbocycles. The van der Waals surface area contributed by atoms with E-state index in [9.17, 15) is 4.79 Å². The Hall–Kier alpha value is -1.71. The van der Waals surface area contributed by atoms with E-state index in [0.717, 1.165) is 6.54 Å². The highest BCUT2D eigenvalue weighted by Gasteiger charge is 2.28. The van der Waals surface area contributed by atoms with E-state index in [2.05, 4.69) is 34.6 Å². The van der Waals surface area contributed by atoms with Crippen LogP contribution in [0.4, 0.5) is 0 Å². The molecule has 0 saturated heterocycles. The van der Waals surface area contributed by atoms with Crippen molar-refractivity contribution in [1.29, 1.82) is 0 Å². The Morgan fingerprint density at radius 1 is 1.19 bits per heavy atom. The van der Waals surface area contributed by atoms with Gasteiger partial charge in [0.05, 0.1) is 0 Å². The van der Waals surface area contributed by atoms with Gasteiger partial charge in [0.1, 0.15) is 13.2 Å². The second kappa shape index (κ2) is 5.96. The molecule has 0 fully saturated rings. The first kappa shape index (κ1) is 15.7. The summed E-state index contributed by atoms with van der Waals surface area (Å²) in [6.45, 7) is 12.2. The number of hydrogen-bond donors (Lipinski definition) is 0. The number of fused-ring (bicyclic) bond motifs is 1. The van der Waals surface area contributed by atoms with E-state index in [-0.39, 0.29) is 11.4 Å². The van der Waals surface area contributed by atoms with Crippen molar-refractivity contribution in [3.63, 3.8) is 0 Å². The average molecular weight is 291 g/mol. The fourth-order valence-corrected chi connectivity index (χ4v) is 2.36. The SMILES string of the molecule is CC(C)CN(C(=O)c1ccc2c(c1)OCCO2)C(C)(C)C. The summed E-state index contributed by atoms with van der Waals surface area (Å²) >= 11 is 0. The first-order valence-electron chi connectivity index (χ1n) is 7.50. The molecule has 4 nitrogen and oxygen atoms in total. The molecule has 1 aliphatic rings. The number of nitrogens with zero attached hydrogens (tertiary/aromatic N) is 1. The molecule has 1 aliphatic heterocycles. The summed E-state index contributed by atoms with van der Waals surface area (Å²) in [5.41, 5.74) is 0.434. The lowest BCUT2D eigenvalue weighted by Gasteiger charge is -2.37. The van der Waals surface area contributed by atoms with Crippen molar-refractivity contribution in [1.82, 2.24) is 4.90 Å². The van der Waals surface area contributed by atoms with Crippen LogP contribution in [0.5, 0.6) is 11.5 Å². The van der Waals surface area contributed by atoms with Gasteiger partial charge in [0.15, 0.2) is 11.5 Å². The van der Waals surface area contributed by atoms with Gasteiger partial charge in [-0.1, -0.05) is 13.8 Å². The van der Waals surface area contributed by atoms with Gasteiger partial charge in [-0.05, 0) is 44.9 Å². The van der Waals surface area contributed by atoms with Crippen molar-refractivity contribution in [3.05, 3.63) is 23.8 Å². The summed E-state index contributed by atoms with van der Waals surface area (Å²) in [5.74, 6) is 1.83. The monoisotopic (exact) mass is 291 g/mol. The maximum Gasteiger partial charge on any atom is 0.254 e. The normalized spacial score (nSPS) is 14.2. The molecule has 0 bridgehead atoms. The molecule has 1 heterocycles. The van der Waals surface area contributed by atoms with Crippen LogP contribution >= 0.6 is 0 Å². The van der Waals surface area contributed by atoms with Crippen LogP contribution in [-0.4, -0.2) is 36.1 Å². The fourth-order valence-electron chi connectivity index (χ4n) is 2.36. The van der Waals surface area contributed by atoms with Gasteiger partial charge in [0.25, 0.3) is 5.91 Å². The molecule has 0 radical (unpaired) electrons. The molecule has 21 heavy (non-hydrogen) atoms. The first-order chi connectivity index (χ1) is 9.79. The van der Waals surface area contributed by atoms with Crippen molar-refractivity contribution in [2.75, 3.05) is 19.8 Å². The van der Waals surface area contributed by atoms with Crippen molar-refractivity contribution < 1.29 is 14.3 Å². The zero-order valence-electron chi connectivity index (χ0n) is 13.6. The quantitative estimate of drug-likeness (QED) is 0.857. The highest BCUT2D eigenvalue weighted by Crippen LogP contribution is 2.31. The van der Waals surface area contributed by atoms with E-state index in [0.29, 0.717) is 36.2 Å². The summed E-state index contributed by atoms with van der Waals surface area (Å²) in [5, 5.41) is 0. The number of ether oxygens (including phenoxy) is 2. The zero-order chi connectivity index (χ0) is 15.6. The fraction of sp³-hybridized carbons (Fsp3) is 0.588. The van der Waals surface area contributed by atoms with Crippen LogP contribution < -0.4 is 9.47 Å². The Balaban J connectivity index is 2.28. The summed E-state index contributed by atoms with van der Waals surface area (Å²) in [7, 11) is 0. The molecule has 2 rings (SSSR count). The molecule has 1 amide bonds. The van der Waals surface area contributed by atoms with E-state index in [4.69, 9.17) is 9.47 Å². The van der Waals surface area contributed by atoms with Gasteiger partial charge >= 0.3 is 0 Å². The topological polar surface area (TPSA) is 38.8 Å². The predicted octanol–water partition coefficient (Wildman–Crippen LogP) is 3.35. The van der Waals surface area contributed by atoms with Crippen molar-refractivity contribution in [2.24, 2.45) is 5.92 Å². The Labute approximate surface area is 127 Å². The number of carbonyl (C=O) groups excluding carboxylic acids is 1. The number of rotatable bonds is 3. The molecule has 0 N–H and O–H groups in total. The van der Waals surface area contributed by atoms with Crippen LogP contribution in [0.3, 0.4) is 0 Å². The van der Waals surface area contributed by atoms with Gasteiger partial charge < -0.3 is 14.4 Å². The molecule has 116 valence electrons. The summed E-state index contributed by atoms with van der Waals surface area (Å²) in [6.07, 6.45) is 0. The lowest BCUT2D eigenvalue weighted by molar-refractivity contribution is 0.0547. The molecule has 0 unspecified atom stereocenters. The highest BCUT2D eigenvalue weighted by molar-refractivity contribution is 5.95. The van der Waals surface area contributed by atoms with Crippen LogP contribution in [0, 0.1) is 5.92 Å². The highest BCUT2D eigenvalue weighted by atomic mass is 16.6. The third kappa shape index (κ3) is 3.69. The maximum absolute atomic E-state index is 12.8. The van der Waals surface area contributed by atoms with Crippen LogP contribution in [0.1, 0.15) is 45.0 Å². The van der Waals surface area contributed by atoms with E-state index >= 15 is 0 Å². The van der Waals surface area contributed by atoms with Gasteiger partial charge in [-0.25, -0.2) is 0 Å². The zero-order valence-corrected chi connectivity index (χ0v) is 13.6. The molecule has 0 atom stereocenters. The second-order valence-electron chi connectivity index (χ2n) is 6.84. The molecular formula is C17H25NO3. The Kier molecular flexibility index (Phi) is 4.45. The number of hydrogen-bond acceptors (Lipinski definition) is 3. The molecular weight excluding hydrogens is 266 g/mol. The smallest absolute Gasteiger partial charge is 0.254 e. The van der Waals surface area contributed by atoms with Crippen molar-refractivity contribution in [3.8, 4) is 11.5 Å². The van der Waals surface area contributed by atoms with Gasteiger partial charge in [0.2, 0.25) is 0 Å². The Bertz CT molecular complexity index is 517. The standard InChI is InChI=1S/C17H25NO3/c1-12(2)11-18(17(3,4)5)16(19)13-6-7-14-15(10-13)21-9-8-20-14/h6-7,10,12H,8-9,11H2,1-5H3. The molecule has 0 saturated carbocycles. The Morgan fingerprint density at radius 2 is 1.81 bits per heavy atom. The number of carbonyl (C=O) groups is 1. The van der Waals surface area contributed by atoms with E-state index in [1.807, 2.05) is 17.0 Å². The van der Waals surface area contributed by atoms with Gasteiger partial charge in [-0.15, -0.1) is 0 Å². The molecule has 1 aromatic carbocycles. The van der Waals surface area contributed by atoms with Crippen LogP contribution in [-0.2, 0) is 0 Å². The van der Waals surface area contributed by atoms with E-state index in [1.54, 1.807) is 6.07 Å². The third-order valence-corrected chi connectivity index (χ3v) is 3.39. The van der Waals surface area contributed by atoms with Crippen molar-refractivity contribution in [2.45, 2.75) is 40.2 Å². The van der Waals surface area contributed by atoms with Gasteiger partial charge in [0, 0.05) is 17.6 Å².